The average Bonchev–Trinajstić information content (AvgIpc) is 3.20. The van der Waals surface area contributed by atoms with Crippen LogP contribution in [0.4, 0.5) is 13.2 Å². The van der Waals surface area contributed by atoms with Crippen molar-refractivity contribution >= 4 is 6.02 Å². The second kappa shape index (κ2) is 7.66. The van der Waals surface area contributed by atoms with Crippen molar-refractivity contribution in [2.45, 2.75) is 17.8 Å². The molecule has 33 heavy (non-hydrogen) atoms. The number of aromatic nitrogens is 1. The summed E-state index contributed by atoms with van der Waals surface area (Å²) in [5.74, 6) is 1.12. The Labute approximate surface area is 186 Å². The number of pyridine rings is 1. The van der Waals surface area contributed by atoms with Crippen LogP contribution in [0.5, 0.6) is 17.2 Å². The molecular formula is C23H18F3N3O4. The van der Waals surface area contributed by atoms with E-state index in [9.17, 15) is 18.3 Å². The van der Waals surface area contributed by atoms with Gasteiger partial charge in [0, 0.05) is 29.1 Å². The van der Waals surface area contributed by atoms with Crippen molar-refractivity contribution < 1.29 is 32.5 Å². The zero-order valence-corrected chi connectivity index (χ0v) is 17.0. The first-order valence-corrected chi connectivity index (χ1v) is 9.99. The maximum atomic E-state index is 12.6. The van der Waals surface area contributed by atoms with Gasteiger partial charge >= 0.3 is 6.18 Å². The van der Waals surface area contributed by atoms with Crippen LogP contribution in [0.25, 0.3) is 11.1 Å². The smallest absolute Gasteiger partial charge is 0.417 e. The van der Waals surface area contributed by atoms with E-state index in [1.807, 2.05) is 30.3 Å². The number of fused-ring (bicyclic) bond motifs is 4. The van der Waals surface area contributed by atoms with E-state index in [0.29, 0.717) is 22.6 Å². The molecule has 3 N–H and O–H groups in total. The van der Waals surface area contributed by atoms with Crippen molar-refractivity contribution in [2.24, 2.45) is 10.7 Å². The number of hydrogen-bond acceptors (Lipinski definition) is 7. The molecule has 2 aliphatic heterocycles. The minimum absolute atomic E-state index is 0.0144. The Morgan fingerprint density at radius 2 is 1.85 bits per heavy atom. The highest BCUT2D eigenvalue weighted by atomic mass is 19.4. The van der Waals surface area contributed by atoms with Crippen molar-refractivity contribution in [2.75, 3.05) is 13.2 Å². The van der Waals surface area contributed by atoms with E-state index >= 15 is 0 Å². The third-order valence-corrected chi connectivity index (χ3v) is 5.55. The van der Waals surface area contributed by atoms with Gasteiger partial charge in [-0.1, -0.05) is 12.1 Å². The van der Waals surface area contributed by atoms with Crippen molar-refractivity contribution in [1.29, 1.82) is 0 Å². The number of aliphatic imine (C=N–C) groups is 1. The molecular weight excluding hydrogens is 439 g/mol. The van der Waals surface area contributed by atoms with Crippen LogP contribution < -0.4 is 15.2 Å². The maximum absolute atomic E-state index is 12.6. The van der Waals surface area contributed by atoms with Crippen LogP contribution in [0.2, 0.25) is 0 Å². The molecule has 7 nitrogen and oxygen atoms in total. The number of benzene rings is 2. The Hall–Kier alpha value is -3.79. The highest BCUT2D eigenvalue weighted by Gasteiger charge is 2.47. The first-order valence-electron chi connectivity index (χ1n) is 9.99. The number of nitrogens with two attached hydrogens (primary N) is 1. The Morgan fingerprint density at radius 1 is 1.09 bits per heavy atom. The molecule has 2 aliphatic rings. The number of alkyl halides is 3. The van der Waals surface area contributed by atoms with Gasteiger partial charge in [0.2, 0.25) is 0 Å². The first kappa shape index (κ1) is 21.1. The normalized spacial score (nSPS) is 19.7. The first-order chi connectivity index (χ1) is 15.8. The Bertz CT molecular complexity index is 1230. The molecule has 2 atom stereocenters. The molecule has 0 amide bonds. The molecule has 1 aromatic heterocycles. The SMILES string of the molecule is NC1=N[C@]2(CO1)c1cc(OC[C@H](O)C(F)(F)F)ccc1Oc1ccc(-c3cccnc3)cc12. The molecule has 0 radical (unpaired) electrons. The summed E-state index contributed by atoms with van der Waals surface area (Å²) in [7, 11) is 0. The second-order valence-electron chi connectivity index (χ2n) is 7.68. The minimum Gasteiger partial charge on any atom is -0.491 e. The van der Waals surface area contributed by atoms with Gasteiger partial charge in [0.25, 0.3) is 6.02 Å². The number of ether oxygens (including phenoxy) is 3. The Morgan fingerprint density at radius 3 is 2.52 bits per heavy atom. The van der Waals surface area contributed by atoms with Crippen LogP contribution in [-0.4, -0.2) is 41.6 Å². The van der Waals surface area contributed by atoms with Crippen molar-refractivity contribution in [3.05, 3.63) is 72.1 Å². The summed E-state index contributed by atoms with van der Waals surface area (Å²) in [6.45, 7) is -0.868. The summed E-state index contributed by atoms with van der Waals surface area (Å²) < 4.78 is 54.7. The molecule has 1 spiro atoms. The lowest BCUT2D eigenvalue weighted by Crippen LogP contribution is -2.34. The zero-order chi connectivity index (χ0) is 23.2. The van der Waals surface area contributed by atoms with Crippen LogP contribution in [0.1, 0.15) is 11.1 Å². The number of aliphatic hydroxyl groups excluding tert-OH is 1. The number of rotatable bonds is 4. The van der Waals surface area contributed by atoms with Crippen LogP contribution in [0.15, 0.2) is 65.9 Å². The van der Waals surface area contributed by atoms with Crippen molar-refractivity contribution in [3.63, 3.8) is 0 Å². The van der Waals surface area contributed by atoms with Crippen LogP contribution in [-0.2, 0) is 10.3 Å². The number of nitrogens with zero attached hydrogens (tertiary/aromatic N) is 2. The Kier molecular flexibility index (Phi) is 4.89. The molecule has 0 bridgehead atoms. The highest BCUT2D eigenvalue weighted by molar-refractivity contribution is 5.78. The largest absolute Gasteiger partial charge is 0.491 e. The maximum Gasteiger partial charge on any atom is 0.417 e. The third-order valence-electron chi connectivity index (χ3n) is 5.55. The van der Waals surface area contributed by atoms with E-state index in [1.165, 1.54) is 12.1 Å². The molecule has 0 fully saturated rings. The van der Waals surface area contributed by atoms with E-state index in [0.717, 1.165) is 11.1 Å². The van der Waals surface area contributed by atoms with Crippen LogP contribution in [0, 0.1) is 0 Å². The summed E-state index contributed by atoms with van der Waals surface area (Å²) in [6, 6.07) is 13.9. The number of halogens is 3. The van der Waals surface area contributed by atoms with E-state index in [2.05, 4.69) is 9.98 Å². The number of aliphatic hydroxyl groups is 1. The Balaban J connectivity index is 1.57. The quantitative estimate of drug-likeness (QED) is 0.619. The third kappa shape index (κ3) is 3.72. The van der Waals surface area contributed by atoms with Gasteiger partial charge in [-0.2, -0.15) is 13.2 Å². The van der Waals surface area contributed by atoms with Gasteiger partial charge in [-0.05, 0) is 42.0 Å². The summed E-state index contributed by atoms with van der Waals surface area (Å²) in [4.78, 5) is 8.72. The molecule has 0 saturated heterocycles. The van der Waals surface area contributed by atoms with E-state index < -0.39 is 24.4 Å². The lowest BCUT2D eigenvalue weighted by molar-refractivity contribution is -0.210. The fourth-order valence-corrected chi connectivity index (χ4v) is 3.91. The number of amidine groups is 1. The van der Waals surface area contributed by atoms with Gasteiger partial charge in [0.15, 0.2) is 11.6 Å². The van der Waals surface area contributed by atoms with Gasteiger partial charge in [0.05, 0.1) is 0 Å². The molecule has 170 valence electrons. The van der Waals surface area contributed by atoms with Crippen molar-refractivity contribution in [3.8, 4) is 28.4 Å². The van der Waals surface area contributed by atoms with Gasteiger partial charge in [-0.3, -0.25) is 4.98 Å². The molecule has 10 heteroatoms. The highest BCUT2D eigenvalue weighted by Crippen LogP contribution is 2.52. The van der Waals surface area contributed by atoms with Gasteiger partial charge in [-0.25, -0.2) is 4.99 Å². The molecule has 3 heterocycles. The number of hydrogen-bond donors (Lipinski definition) is 2. The molecule has 5 rings (SSSR count). The topological polar surface area (TPSA) is 99.2 Å². The van der Waals surface area contributed by atoms with E-state index in [-0.39, 0.29) is 18.4 Å². The predicted molar refractivity (Wildman–Crippen MR) is 112 cm³/mol. The van der Waals surface area contributed by atoms with Crippen molar-refractivity contribution in [1.82, 2.24) is 4.98 Å². The molecule has 0 saturated carbocycles. The van der Waals surface area contributed by atoms with E-state index in [4.69, 9.17) is 19.9 Å². The fourth-order valence-electron chi connectivity index (χ4n) is 3.91. The van der Waals surface area contributed by atoms with Gasteiger partial charge in [0.1, 0.15) is 30.5 Å². The predicted octanol–water partition coefficient (Wildman–Crippen LogP) is 3.74. The summed E-state index contributed by atoms with van der Waals surface area (Å²) in [5, 5.41) is 9.26. The monoisotopic (exact) mass is 457 g/mol. The molecule has 0 aliphatic carbocycles. The summed E-state index contributed by atoms with van der Waals surface area (Å²) in [5.41, 5.74) is 7.76. The van der Waals surface area contributed by atoms with Gasteiger partial charge in [-0.15, -0.1) is 0 Å². The molecule has 3 aromatic rings. The fraction of sp³-hybridized carbons (Fsp3) is 0.217. The summed E-state index contributed by atoms with van der Waals surface area (Å²) >= 11 is 0. The average molecular weight is 457 g/mol. The van der Waals surface area contributed by atoms with E-state index in [1.54, 1.807) is 18.5 Å². The standard InChI is InChI=1S/C23H18F3N3O4/c24-23(25,26)20(30)11-31-15-4-6-19-17(9-15)22(12-32-21(27)29-22)16-8-13(3-5-18(16)33-19)14-2-1-7-28-10-14/h1-10,20,30H,11-12H2,(H2,27,29)/t20-,22-/m0/s1. The minimum atomic E-state index is -4.78. The lowest BCUT2D eigenvalue weighted by atomic mass is 9.80. The van der Waals surface area contributed by atoms with Crippen LogP contribution in [0.3, 0.4) is 0 Å². The summed E-state index contributed by atoms with van der Waals surface area (Å²) in [6.07, 6.45) is -3.98. The molecule has 0 unspecified atom stereocenters. The van der Waals surface area contributed by atoms with Gasteiger partial charge < -0.3 is 25.1 Å². The zero-order valence-electron chi connectivity index (χ0n) is 17.0. The lowest BCUT2D eigenvalue weighted by Gasteiger charge is -2.34. The molecule has 2 aromatic carbocycles. The van der Waals surface area contributed by atoms with Crippen LogP contribution >= 0.6 is 0 Å². The second-order valence-corrected chi connectivity index (χ2v) is 7.68.